The van der Waals surface area contributed by atoms with Crippen LogP contribution < -0.4 is 15.4 Å². The minimum Gasteiger partial charge on any atom is -0.494 e. The Morgan fingerprint density at radius 3 is 2.58 bits per heavy atom. The largest absolute Gasteiger partial charge is 0.494 e. The van der Waals surface area contributed by atoms with Crippen LogP contribution in [0.15, 0.2) is 60.3 Å². The Bertz CT molecular complexity index is 780. The maximum Gasteiger partial charge on any atom is 0.267 e. The Hall–Kier alpha value is -2.97. The molecule has 0 atom stereocenters. The second kappa shape index (κ2) is 8.61. The van der Waals surface area contributed by atoms with Crippen LogP contribution in [0.4, 0.5) is 11.4 Å². The Labute approximate surface area is 145 Å². The monoisotopic (exact) mass is 341 g/mol. The number of para-hydroxylation sites is 1. The van der Waals surface area contributed by atoms with Crippen molar-refractivity contribution >= 4 is 28.9 Å². The molecule has 5 nitrogen and oxygen atoms in total. The smallest absolute Gasteiger partial charge is 0.267 e. The first-order valence-corrected chi connectivity index (χ1v) is 7.67. The third-order valence-corrected chi connectivity index (χ3v) is 3.37. The van der Waals surface area contributed by atoms with E-state index < -0.39 is 5.91 Å². The molecule has 0 bridgehead atoms. The number of carbonyl (C=O) groups excluding carboxylic acids is 1. The Balaban J connectivity index is 2.04. The molecule has 6 heteroatoms. The fourth-order valence-corrected chi connectivity index (χ4v) is 2.05. The average Bonchev–Trinajstić information content (AvgIpc) is 2.59. The van der Waals surface area contributed by atoms with Crippen molar-refractivity contribution in [2.24, 2.45) is 0 Å². The summed E-state index contributed by atoms with van der Waals surface area (Å²) in [6.45, 7) is 2.50. The van der Waals surface area contributed by atoms with E-state index in [0.29, 0.717) is 17.3 Å². The molecule has 2 aromatic rings. The van der Waals surface area contributed by atoms with Gasteiger partial charge in [0.15, 0.2) is 0 Å². The number of halogens is 1. The summed E-state index contributed by atoms with van der Waals surface area (Å²) in [5.74, 6) is 0.216. The Morgan fingerprint density at radius 1 is 1.25 bits per heavy atom. The lowest BCUT2D eigenvalue weighted by Gasteiger charge is -2.07. The van der Waals surface area contributed by atoms with E-state index in [9.17, 15) is 4.79 Å². The molecule has 0 spiro atoms. The molecule has 1 amide bonds. The maximum absolute atomic E-state index is 12.1. The van der Waals surface area contributed by atoms with E-state index in [1.807, 2.05) is 13.0 Å². The number of hydrogen-bond acceptors (Lipinski definition) is 4. The zero-order valence-corrected chi connectivity index (χ0v) is 13.8. The maximum atomic E-state index is 12.1. The average molecular weight is 342 g/mol. The normalized spacial score (nSPS) is 10.6. The number of nitriles is 1. The summed E-state index contributed by atoms with van der Waals surface area (Å²) in [7, 11) is 0. The third-order valence-electron chi connectivity index (χ3n) is 3.04. The minimum absolute atomic E-state index is 0.0659. The van der Waals surface area contributed by atoms with Crippen molar-refractivity contribution in [3.63, 3.8) is 0 Å². The van der Waals surface area contributed by atoms with Gasteiger partial charge in [-0.2, -0.15) is 5.26 Å². The van der Waals surface area contributed by atoms with Gasteiger partial charge in [-0.15, -0.1) is 0 Å². The van der Waals surface area contributed by atoms with Crippen LogP contribution in [0.1, 0.15) is 6.92 Å². The van der Waals surface area contributed by atoms with Gasteiger partial charge < -0.3 is 15.4 Å². The van der Waals surface area contributed by atoms with Gasteiger partial charge in [-0.25, -0.2) is 0 Å². The molecule has 0 aliphatic heterocycles. The summed E-state index contributed by atoms with van der Waals surface area (Å²) in [5, 5.41) is 15.1. The molecule has 122 valence electrons. The quantitative estimate of drug-likeness (QED) is 0.610. The van der Waals surface area contributed by atoms with Gasteiger partial charge >= 0.3 is 0 Å². The number of anilines is 2. The van der Waals surface area contributed by atoms with Crippen LogP contribution >= 0.6 is 11.6 Å². The van der Waals surface area contributed by atoms with Gasteiger partial charge in [-0.3, -0.25) is 4.79 Å². The summed E-state index contributed by atoms with van der Waals surface area (Å²) in [4.78, 5) is 12.1. The Morgan fingerprint density at radius 2 is 1.96 bits per heavy atom. The fourth-order valence-electron chi connectivity index (χ4n) is 1.87. The van der Waals surface area contributed by atoms with Crippen LogP contribution in [0.3, 0.4) is 0 Å². The highest BCUT2D eigenvalue weighted by molar-refractivity contribution is 6.33. The molecule has 0 aliphatic carbocycles. The van der Waals surface area contributed by atoms with Crippen LogP contribution in [0, 0.1) is 11.3 Å². The lowest BCUT2D eigenvalue weighted by atomic mass is 10.2. The van der Waals surface area contributed by atoms with E-state index in [1.165, 1.54) is 6.20 Å². The molecular formula is C18H16ClN3O2. The van der Waals surface area contributed by atoms with Gasteiger partial charge in [0.05, 0.1) is 17.3 Å². The lowest BCUT2D eigenvalue weighted by molar-refractivity contribution is -0.112. The lowest BCUT2D eigenvalue weighted by Crippen LogP contribution is -2.14. The molecule has 0 saturated carbocycles. The zero-order valence-electron chi connectivity index (χ0n) is 13.0. The van der Waals surface area contributed by atoms with Crippen molar-refractivity contribution in [2.45, 2.75) is 6.92 Å². The van der Waals surface area contributed by atoms with Gasteiger partial charge in [0.1, 0.15) is 17.4 Å². The number of rotatable bonds is 6. The van der Waals surface area contributed by atoms with Crippen molar-refractivity contribution in [1.29, 1.82) is 5.26 Å². The van der Waals surface area contributed by atoms with Crippen molar-refractivity contribution in [1.82, 2.24) is 0 Å². The van der Waals surface area contributed by atoms with Gasteiger partial charge in [-0.1, -0.05) is 23.7 Å². The number of nitrogens with one attached hydrogen (secondary N) is 2. The number of benzene rings is 2. The van der Waals surface area contributed by atoms with Crippen LogP contribution in [0.5, 0.6) is 5.75 Å². The second-order valence-corrected chi connectivity index (χ2v) is 5.11. The van der Waals surface area contributed by atoms with E-state index in [2.05, 4.69) is 10.6 Å². The summed E-state index contributed by atoms with van der Waals surface area (Å²) >= 11 is 5.99. The highest BCUT2D eigenvalue weighted by Crippen LogP contribution is 2.21. The number of amides is 1. The number of ether oxygens (including phenoxy) is 1. The first kappa shape index (κ1) is 17.4. The van der Waals surface area contributed by atoms with E-state index in [4.69, 9.17) is 21.6 Å². The molecule has 0 aliphatic rings. The fraction of sp³-hybridized carbons (Fsp3) is 0.111. The number of nitrogens with zero attached hydrogens (tertiary/aromatic N) is 1. The van der Waals surface area contributed by atoms with Crippen LogP contribution in [0.25, 0.3) is 0 Å². The first-order valence-electron chi connectivity index (χ1n) is 7.29. The molecule has 2 N–H and O–H groups in total. The van der Waals surface area contributed by atoms with Crippen molar-refractivity contribution in [2.75, 3.05) is 17.2 Å². The number of hydrogen-bond donors (Lipinski definition) is 2. The summed E-state index contributed by atoms with van der Waals surface area (Å²) < 4.78 is 5.35. The molecule has 0 radical (unpaired) electrons. The standard InChI is InChI=1S/C18H16ClN3O2/c1-2-24-15-9-7-14(8-10-15)21-12-13(11-20)18(23)22-17-6-4-3-5-16(17)19/h3-10,12,21H,2H2,1H3,(H,22,23)/b13-12-. The van der Waals surface area contributed by atoms with Crippen LogP contribution in [-0.4, -0.2) is 12.5 Å². The summed E-state index contributed by atoms with van der Waals surface area (Å²) in [6.07, 6.45) is 1.35. The molecule has 0 unspecified atom stereocenters. The zero-order chi connectivity index (χ0) is 17.4. The third kappa shape index (κ3) is 4.77. The molecular weight excluding hydrogens is 326 g/mol. The van der Waals surface area contributed by atoms with Crippen molar-refractivity contribution < 1.29 is 9.53 Å². The van der Waals surface area contributed by atoms with E-state index in [-0.39, 0.29) is 5.57 Å². The molecule has 0 heterocycles. The SMILES string of the molecule is CCOc1ccc(N/C=C(/C#N)C(=O)Nc2ccccc2Cl)cc1. The van der Waals surface area contributed by atoms with Crippen molar-refractivity contribution in [3.8, 4) is 11.8 Å². The highest BCUT2D eigenvalue weighted by atomic mass is 35.5. The van der Waals surface area contributed by atoms with Crippen LogP contribution in [-0.2, 0) is 4.79 Å². The van der Waals surface area contributed by atoms with Gasteiger partial charge in [0.2, 0.25) is 0 Å². The predicted molar refractivity (Wildman–Crippen MR) is 95.0 cm³/mol. The van der Waals surface area contributed by atoms with E-state index in [1.54, 1.807) is 48.5 Å². The Kier molecular flexibility index (Phi) is 6.23. The second-order valence-electron chi connectivity index (χ2n) is 4.71. The number of carbonyl (C=O) groups is 1. The molecule has 24 heavy (non-hydrogen) atoms. The topological polar surface area (TPSA) is 74.1 Å². The molecule has 0 aromatic heterocycles. The van der Waals surface area contributed by atoms with Gasteiger partial charge in [0.25, 0.3) is 5.91 Å². The van der Waals surface area contributed by atoms with Gasteiger partial charge in [-0.05, 0) is 43.3 Å². The summed E-state index contributed by atoms with van der Waals surface area (Å²) in [5.41, 5.74) is 1.12. The molecule has 0 saturated heterocycles. The van der Waals surface area contributed by atoms with Gasteiger partial charge in [0, 0.05) is 11.9 Å². The molecule has 2 aromatic carbocycles. The van der Waals surface area contributed by atoms with Crippen molar-refractivity contribution in [3.05, 3.63) is 65.3 Å². The van der Waals surface area contributed by atoms with E-state index >= 15 is 0 Å². The van der Waals surface area contributed by atoms with Crippen LogP contribution in [0.2, 0.25) is 5.02 Å². The van der Waals surface area contributed by atoms with E-state index in [0.717, 1.165) is 11.4 Å². The summed E-state index contributed by atoms with van der Waals surface area (Å²) in [6, 6.07) is 15.9. The predicted octanol–water partition coefficient (Wildman–Crippen LogP) is 4.20. The molecule has 2 rings (SSSR count). The minimum atomic E-state index is -0.538. The molecule has 0 fully saturated rings. The highest BCUT2D eigenvalue weighted by Gasteiger charge is 2.10. The first-order chi connectivity index (χ1) is 11.6.